The number of piperazine rings is 1. The molecule has 2 fully saturated rings. The maximum absolute atomic E-state index is 12.7. The summed E-state index contributed by atoms with van der Waals surface area (Å²) in [5.41, 5.74) is 0. The van der Waals surface area contributed by atoms with Crippen LogP contribution in [0.15, 0.2) is 0 Å². The molecule has 130 valence electrons. The van der Waals surface area contributed by atoms with Crippen molar-refractivity contribution in [3.05, 3.63) is 0 Å². The Morgan fingerprint density at radius 1 is 1.04 bits per heavy atom. The number of likely N-dealkylation sites (N-methyl/N-ethyl adjacent to an activating group) is 1. The summed E-state index contributed by atoms with van der Waals surface area (Å²) in [7, 11) is 4.59. The molecule has 8 nitrogen and oxygen atoms in total. The molecule has 0 aliphatic carbocycles. The van der Waals surface area contributed by atoms with Crippen molar-refractivity contribution >= 4 is 29.6 Å². The van der Waals surface area contributed by atoms with Gasteiger partial charge in [-0.05, 0) is 7.05 Å². The minimum Gasteiger partial charge on any atom is -0.467 e. The van der Waals surface area contributed by atoms with E-state index in [-0.39, 0.29) is 12.5 Å². The van der Waals surface area contributed by atoms with Crippen LogP contribution in [0.2, 0.25) is 0 Å². The highest BCUT2D eigenvalue weighted by molar-refractivity contribution is 8.00. The average molecular weight is 345 g/mol. The normalized spacial score (nSPS) is 26.1. The second-order valence-corrected chi connectivity index (χ2v) is 6.74. The molecule has 0 aromatic rings. The first-order valence-corrected chi connectivity index (χ1v) is 8.52. The Labute approximate surface area is 140 Å². The summed E-state index contributed by atoms with van der Waals surface area (Å²) in [6, 6.07) is -0.742. The molecule has 9 heteroatoms. The molecule has 2 saturated heterocycles. The van der Waals surface area contributed by atoms with Crippen LogP contribution in [0, 0.1) is 0 Å². The summed E-state index contributed by atoms with van der Waals surface area (Å²) in [5, 5.41) is -0.788. The monoisotopic (exact) mass is 345 g/mol. The quantitative estimate of drug-likeness (QED) is 0.591. The molecule has 0 N–H and O–H groups in total. The van der Waals surface area contributed by atoms with Gasteiger partial charge in [-0.25, -0.2) is 9.59 Å². The number of esters is 2. The predicted molar refractivity (Wildman–Crippen MR) is 84.8 cm³/mol. The molecular formula is C14H23N3O5S. The highest BCUT2D eigenvalue weighted by atomic mass is 32.2. The molecule has 0 unspecified atom stereocenters. The van der Waals surface area contributed by atoms with Crippen molar-refractivity contribution in [2.24, 2.45) is 0 Å². The Hall–Kier alpha value is -1.32. The van der Waals surface area contributed by atoms with Gasteiger partial charge in [0.05, 0.1) is 20.8 Å². The van der Waals surface area contributed by atoms with Gasteiger partial charge in [0.1, 0.15) is 6.04 Å². The first-order chi connectivity index (χ1) is 11.0. The zero-order valence-corrected chi connectivity index (χ0v) is 14.5. The third-order valence-corrected chi connectivity index (χ3v) is 5.36. The molecule has 0 aromatic heterocycles. The Kier molecular flexibility index (Phi) is 6.25. The summed E-state index contributed by atoms with van der Waals surface area (Å²) < 4.78 is 9.52. The molecule has 23 heavy (non-hydrogen) atoms. The van der Waals surface area contributed by atoms with E-state index in [1.807, 2.05) is 11.9 Å². The number of carbonyl (C=O) groups excluding carboxylic acids is 3. The molecule has 0 aromatic carbocycles. The number of nitrogens with zero attached hydrogens (tertiary/aromatic N) is 3. The SMILES string of the molecule is COC(=O)[C@H]1CS[C@@H](C(=O)OC)N1C(=O)CN1CCN(C)CC1. The summed E-state index contributed by atoms with van der Waals surface area (Å²) in [4.78, 5) is 42.1. The van der Waals surface area contributed by atoms with E-state index in [4.69, 9.17) is 9.47 Å². The van der Waals surface area contributed by atoms with Gasteiger partial charge in [0.2, 0.25) is 5.91 Å². The molecular weight excluding hydrogens is 322 g/mol. The topological polar surface area (TPSA) is 79.4 Å². The van der Waals surface area contributed by atoms with Gasteiger partial charge in [0, 0.05) is 31.9 Å². The molecule has 2 atom stereocenters. The summed E-state index contributed by atoms with van der Waals surface area (Å²) >= 11 is 1.23. The lowest BCUT2D eigenvalue weighted by molar-refractivity contribution is -0.157. The molecule has 0 bridgehead atoms. The van der Waals surface area contributed by atoms with Crippen LogP contribution in [0.1, 0.15) is 0 Å². The van der Waals surface area contributed by atoms with E-state index in [1.54, 1.807) is 0 Å². The first-order valence-electron chi connectivity index (χ1n) is 7.47. The second-order valence-electron chi connectivity index (χ2n) is 5.63. The number of rotatable bonds is 4. The van der Waals surface area contributed by atoms with Crippen LogP contribution in [-0.2, 0) is 23.9 Å². The van der Waals surface area contributed by atoms with Crippen molar-refractivity contribution in [1.29, 1.82) is 0 Å². The lowest BCUT2D eigenvalue weighted by atomic mass is 10.2. The van der Waals surface area contributed by atoms with Crippen molar-refractivity contribution in [3.8, 4) is 0 Å². The van der Waals surface area contributed by atoms with E-state index in [9.17, 15) is 14.4 Å². The van der Waals surface area contributed by atoms with E-state index in [0.717, 1.165) is 26.2 Å². The fourth-order valence-electron chi connectivity index (χ4n) is 2.69. The number of amides is 1. The van der Waals surface area contributed by atoms with E-state index in [2.05, 4.69) is 4.90 Å². The average Bonchev–Trinajstić information content (AvgIpc) is 3.00. The van der Waals surface area contributed by atoms with Gasteiger partial charge in [-0.2, -0.15) is 0 Å². The minimum absolute atomic E-state index is 0.190. The fraction of sp³-hybridized carbons (Fsp3) is 0.786. The maximum Gasteiger partial charge on any atom is 0.339 e. The Bertz CT molecular complexity index is 443. The van der Waals surface area contributed by atoms with Gasteiger partial charge in [0.15, 0.2) is 5.37 Å². The number of carbonyl (C=O) groups is 3. The van der Waals surface area contributed by atoms with Gasteiger partial charge < -0.3 is 19.3 Å². The van der Waals surface area contributed by atoms with Crippen molar-refractivity contribution in [2.75, 3.05) is 59.7 Å². The standard InChI is InChI=1S/C14H23N3O5S/c1-15-4-6-16(7-5-15)8-11(18)17-10(13(19)21-2)9-23-12(17)14(20)22-3/h10,12H,4-9H2,1-3H3/t10-,12+/m1/s1. The van der Waals surface area contributed by atoms with Crippen molar-refractivity contribution in [3.63, 3.8) is 0 Å². The number of hydrogen-bond acceptors (Lipinski definition) is 8. The number of thioether (sulfide) groups is 1. The van der Waals surface area contributed by atoms with Crippen molar-refractivity contribution in [2.45, 2.75) is 11.4 Å². The van der Waals surface area contributed by atoms with Gasteiger partial charge in [-0.15, -0.1) is 11.8 Å². The number of ether oxygens (including phenoxy) is 2. The van der Waals surface area contributed by atoms with Gasteiger partial charge in [0.25, 0.3) is 0 Å². The summed E-state index contributed by atoms with van der Waals surface area (Å²) in [6.07, 6.45) is 0. The summed E-state index contributed by atoms with van der Waals surface area (Å²) in [6.45, 7) is 3.55. The third kappa shape index (κ3) is 4.15. The Morgan fingerprint density at radius 3 is 2.22 bits per heavy atom. The highest BCUT2D eigenvalue weighted by Crippen LogP contribution is 2.30. The Balaban J connectivity index is 2.07. The van der Waals surface area contributed by atoms with Crippen LogP contribution in [0.25, 0.3) is 0 Å². The van der Waals surface area contributed by atoms with E-state index in [0.29, 0.717) is 5.75 Å². The molecule has 2 aliphatic heterocycles. The van der Waals surface area contributed by atoms with Gasteiger partial charge in [-0.3, -0.25) is 9.69 Å². The fourth-order valence-corrected chi connectivity index (χ4v) is 4.01. The molecule has 0 saturated carbocycles. The molecule has 0 spiro atoms. The lowest BCUT2D eigenvalue weighted by Crippen LogP contribution is -2.54. The van der Waals surface area contributed by atoms with Crippen LogP contribution in [0.5, 0.6) is 0 Å². The van der Waals surface area contributed by atoms with Crippen LogP contribution < -0.4 is 0 Å². The van der Waals surface area contributed by atoms with E-state index >= 15 is 0 Å². The van der Waals surface area contributed by atoms with E-state index < -0.39 is 23.4 Å². The van der Waals surface area contributed by atoms with Crippen LogP contribution >= 0.6 is 11.8 Å². The minimum atomic E-state index is -0.788. The van der Waals surface area contributed by atoms with Crippen molar-refractivity contribution < 1.29 is 23.9 Å². The number of methoxy groups -OCH3 is 2. The smallest absolute Gasteiger partial charge is 0.339 e. The van der Waals surface area contributed by atoms with Crippen molar-refractivity contribution in [1.82, 2.24) is 14.7 Å². The van der Waals surface area contributed by atoms with Crippen LogP contribution in [0.4, 0.5) is 0 Å². The molecule has 2 aliphatic rings. The van der Waals surface area contributed by atoms with Crippen LogP contribution in [0.3, 0.4) is 0 Å². The Morgan fingerprint density at radius 2 is 1.65 bits per heavy atom. The largest absolute Gasteiger partial charge is 0.467 e. The lowest BCUT2D eigenvalue weighted by Gasteiger charge is -2.34. The highest BCUT2D eigenvalue weighted by Gasteiger charge is 2.46. The van der Waals surface area contributed by atoms with Crippen LogP contribution in [-0.4, -0.2) is 104 Å². The predicted octanol–water partition coefficient (Wildman–Crippen LogP) is -1.15. The zero-order valence-electron chi connectivity index (χ0n) is 13.7. The molecule has 2 heterocycles. The molecule has 0 radical (unpaired) electrons. The third-order valence-electron chi connectivity index (χ3n) is 4.12. The molecule has 1 amide bonds. The van der Waals surface area contributed by atoms with Gasteiger partial charge in [-0.1, -0.05) is 0 Å². The second kappa shape index (κ2) is 7.98. The molecule has 2 rings (SSSR count). The van der Waals surface area contributed by atoms with Gasteiger partial charge >= 0.3 is 11.9 Å². The zero-order chi connectivity index (χ0) is 17.0. The van der Waals surface area contributed by atoms with E-state index in [1.165, 1.54) is 30.9 Å². The first kappa shape index (κ1) is 18.0. The number of hydrogen-bond donors (Lipinski definition) is 0. The summed E-state index contributed by atoms with van der Waals surface area (Å²) in [5.74, 6) is -0.935. The maximum atomic E-state index is 12.7.